The van der Waals surface area contributed by atoms with Crippen LogP contribution in [0.1, 0.15) is 5.56 Å². The molecule has 0 aliphatic heterocycles. The van der Waals surface area contributed by atoms with E-state index in [2.05, 4.69) is 20.8 Å². The standard InChI is InChI=1S/C13H17N5O3/c1-20-11-4-3-10(7-12(11)21-2)5-6-14-13(19)8-18-9-15-16-17-18/h3-4,7,9H,5-6,8H2,1-2H3,(H,14,19). The minimum atomic E-state index is -0.136. The largest absolute Gasteiger partial charge is 0.493 e. The van der Waals surface area contributed by atoms with E-state index in [4.69, 9.17) is 9.47 Å². The highest BCUT2D eigenvalue weighted by Gasteiger charge is 2.06. The molecule has 8 heteroatoms. The number of aromatic nitrogens is 4. The highest BCUT2D eigenvalue weighted by molar-refractivity contribution is 5.75. The van der Waals surface area contributed by atoms with E-state index >= 15 is 0 Å². The first-order chi connectivity index (χ1) is 10.2. The number of nitrogens with one attached hydrogen (secondary N) is 1. The second-order valence-corrected chi connectivity index (χ2v) is 4.30. The van der Waals surface area contributed by atoms with E-state index in [-0.39, 0.29) is 12.5 Å². The summed E-state index contributed by atoms with van der Waals surface area (Å²) < 4.78 is 11.8. The van der Waals surface area contributed by atoms with Crippen molar-refractivity contribution in [3.63, 3.8) is 0 Å². The number of ether oxygens (including phenoxy) is 2. The fraction of sp³-hybridized carbons (Fsp3) is 0.385. The molecular formula is C13H17N5O3. The Labute approximate surface area is 122 Å². The highest BCUT2D eigenvalue weighted by Crippen LogP contribution is 2.27. The van der Waals surface area contributed by atoms with Gasteiger partial charge >= 0.3 is 0 Å². The van der Waals surface area contributed by atoms with Gasteiger partial charge in [0.25, 0.3) is 0 Å². The van der Waals surface area contributed by atoms with Gasteiger partial charge in [-0.3, -0.25) is 4.79 Å². The number of hydrogen-bond donors (Lipinski definition) is 1. The van der Waals surface area contributed by atoms with Crippen LogP contribution in [0, 0.1) is 0 Å². The normalized spacial score (nSPS) is 10.2. The number of methoxy groups -OCH3 is 2. The minimum absolute atomic E-state index is 0.110. The Kier molecular flexibility index (Phi) is 5.08. The molecule has 0 fully saturated rings. The lowest BCUT2D eigenvalue weighted by molar-refractivity contribution is -0.121. The van der Waals surface area contributed by atoms with Crippen molar-refractivity contribution in [2.75, 3.05) is 20.8 Å². The van der Waals surface area contributed by atoms with Gasteiger partial charge < -0.3 is 14.8 Å². The first-order valence-electron chi connectivity index (χ1n) is 6.41. The van der Waals surface area contributed by atoms with Crippen LogP contribution in [0.25, 0.3) is 0 Å². The van der Waals surface area contributed by atoms with Crippen molar-refractivity contribution in [3.8, 4) is 11.5 Å². The fourth-order valence-corrected chi connectivity index (χ4v) is 1.84. The van der Waals surface area contributed by atoms with Crippen LogP contribution < -0.4 is 14.8 Å². The lowest BCUT2D eigenvalue weighted by atomic mass is 10.1. The SMILES string of the molecule is COc1ccc(CCNC(=O)Cn2cnnn2)cc1OC. The second-order valence-electron chi connectivity index (χ2n) is 4.30. The Balaban J connectivity index is 1.81. The van der Waals surface area contributed by atoms with E-state index in [1.807, 2.05) is 18.2 Å². The van der Waals surface area contributed by atoms with Crippen molar-refractivity contribution in [1.82, 2.24) is 25.5 Å². The van der Waals surface area contributed by atoms with Crippen molar-refractivity contribution in [2.24, 2.45) is 0 Å². The average Bonchev–Trinajstić information content (AvgIpc) is 2.99. The number of hydrogen-bond acceptors (Lipinski definition) is 6. The molecule has 0 saturated carbocycles. The van der Waals surface area contributed by atoms with E-state index < -0.39 is 0 Å². The number of carbonyl (C=O) groups is 1. The number of benzene rings is 1. The summed E-state index contributed by atoms with van der Waals surface area (Å²) in [5.74, 6) is 1.22. The van der Waals surface area contributed by atoms with Crippen LogP contribution in [0.2, 0.25) is 0 Å². The van der Waals surface area contributed by atoms with E-state index in [0.29, 0.717) is 24.5 Å². The summed E-state index contributed by atoms with van der Waals surface area (Å²) in [7, 11) is 3.19. The number of tetrazole rings is 1. The maximum atomic E-state index is 11.7. The van der Waals surface area contributed by atoms with Gasteiger partial charge in [0.1, 0.15) is 12.9 Å². The van der Waals surface area contributed by atoms with Crippen molar-refractivity contribution in [3.05, 3.63) is 30.1 Å². The van der Waals surface area contributed by atoms with Crippen LogP contribution in [0.4, 0.5) is 0 Å². The molecular weight excluding hydrogens is 274 g/mol. The third-order valence-corrected chi connectivity index (χ3v) is 2.88. The van der Waals surface area contributed by atoms with Crippen molar-refractivity contribution >= 4 is 5.91 Å². The molecule has 21 heavy (non-hydrogen) atoms. The van der Waals surface area contributed by atoms with Crippen molar-refractivity contribution < 1.29 is 14.3 Å². The van der Waals surface area contributed by atoms with E-state index in [1.165, 1.54) is 11.0 Å². The molecule has 0 saturated heterocycles. The molecule has 0 aliphatic carbocycles. The third-order valence-electron chi connectivity index (χ3n) is 2.88. The van der Waals surface area contributed by atoms with Crippen LogP contribution >= 0.6 is 0 Å². The monoisotopic (exact) mass is 291 g/mol. The van der Waals surface area contributed by atoms with Crippen molar-refractivity contribution in [1.29, 1.82) is 0 Å². The van der Waals surface area contributed by atoms with Gasteiger partial charge in [-0.25, -0.2) is 4.68 Å². The van der Waals surface area contributed by atoms with Crippen LogP contribution in [-0.4, -0.2) is 46.9 Å². The zero-order chi connectivity index (χ0) is 15.1. The molecule has 0 bridgehead atoms. The van der Waals surface area contributed by atoms with Gasteiger partial charge in [-0.05, 0) is 34.5 Å². The number of carbonyl (C=O) groups excluding carboxylic acids is 1. The molecule has 0 unspecified atom stereocenters. The van der Waals surface area contributed by atoms with Crippen LogP contribution in [-0.2, 0) is 17.8 Å². The summed E-state index contributed by atoms with van der Waals surface area (Å²) in [6, 6.07) is 5.68. The van der Waals surface area contributed by atoms with E-state index in [1.54, 1.807) is 14.2 Å². The lowest BCUT2D eigenvalue weighted by Gasteiger charge is -2.10. The molecule has 0 spiro atoms. The van der Waals surface area contributed by atoms with Gasteiger partial charge in [-0.15, -0.1) is 5.10 Å². The third kappa shape index (κ3) is 4.16. The molecule has 1 N–H and O–H groups in total. The number of amides is 1. The Morgan fingerprint density at radius 2 is 2.10 bits per heavy atom. The Hall–Kier alpha value is -2.64. The van der Waals surface area contributed by atoms with Crippen LogP contribution in [0.3, 0.4) is 0 Å². The molecule has 0 atom stereocenters. The molecule has 1 heterocycles. The number of nitrogens with zero attached hydrogens (tertiary/aromatic N) is 4. The summed E-state index contributed by atoms with van der Waals surface area (Å²) >= 11 is 0. The van der Waals surface area contributed by atoms with Crippen LogP contribution in [0.5, 0.6) is 11.5 Å². The fourth-order valence-electron chi connectivity index (χ4n) is 1.84. The zero-order valence-corrected chi connectivity index (χ0v) is 11.9. The Morgan fingerprint density at radius 1 is 1.29 bits per heavy atom. The van der Waals surface area contributed by atoms with E-state index in [9.17, 15) is 4.79 Å². The minimum Gasteiger partial charge on any atom is -0.493 e. The van der Waals surface area contributed by atoms with Gasteiger partial charge in [0.15, 0.2) is 11.5 Å². The summed E-state index contributed by atoms with van der Waals surface area (Å²) in [6.45, 7) is 0.634. The summed E-state index contributed by atoms with van der Waals surface area (Å²) in [6.07, 6.45) is 2.09. The lowest BCUT2D eigenvalue weighted by Crippen LogP contribution is -2.29. The summed E-state index contributed by atoms with van der Waals surface area (Å²) in [5.41, 5.74) is 1.05. The molecule has 0 radical (unpaired) electrons. The molecule has 1 amide bonds. The maximum Gasteiger partial charge on any atom is 0.241 e. The number of rotatable bonds is 7. The molecule has 0 aliphatic rings. The molecule has 2 aromatic rings. The van der Waals surface area contributed by atoms with Gasteiger partial charge in [-0.1, -0.05) is 6.07 Å². The van der Waals surface area contributed by atoms with Gasteiger partial charge in [0.2, 0.25) is 5.91 Å². The maximum absolute atomic E-state index is 11.7. The highest BCUT2D eigenvalue weighted by atomic mass is 16.5. The molecule has 2 rings (SSSR count). The molecule has 8 nitrogen and oxygen atoms in total. The molecule has 1 aromatic heterocycles. The van der Waals surface area contributed by atoms with Gasteiger partial charge in [0.05, 0.1) is 14.2 Å². The average molecular weight is 291 g/mol. The Bertz CT molecular complexity index is 585. The summed E-state index contributed by atoms with van der Waals surface area (Å²) in [5, 5.41) is 13.4. The van der Waals surface area contributed by atoms with Gasteiger partial charge in [-0.2, -0.15) is 0 Å². The predicted molar refractivity (Wildman–Crippen MR) is 74.1 cm³/mol. The molecule has 1 aromatic carbocycles. The molecule has 112 valence electrons. The smallest absolute Gasteiger partial charge is 0.241 e. The predicted octanol–water partition coefficient (Wildman–Crippen LogP) is 0.0492. The van der Waals surface area contributed by atoms with Crippen molar-refractivity contribution in [2.45, 2.75) is 13.0 Å². The quantitative estimate of drug-likeness (QED) is 0.775. The Morgan fingerprint density at radius 3 is 2.76 bits per heavy atom. The topological polar surface area (TPSA) is 91.2 Å². The summed E-state index contributed by atoms with van der Waals surface area (Å²) in [4.78, 5) is 11.7. The van der Waals surface area contributed by atoms with Crippen LogP contribution in [0.15, 0.2) is 24.5 Å². The first-order valence-corrected chi connectivity index (χ1v) is 6.41. The first kappa shape index (κ1) is 14.8. The van der Waals surface area contributed by atoms with E-state index in [0.717, 1.165) is 5.56 Å². The zero-order valence-electron chi connectivity index (χ0n) is 11.9. The van der Waals surface area contributed by atoms with Gasteiger partial charge in [0, 0.05) is 6.54 Å². The second kappa shape index (κ2) is 7.22.